The second-order valence-corrected chi connectivity index (χ2v) is 5.99. The zero-order chi connectivity index (χ0) is 17.3. The molecule has 1 heterocycles. The molecule has 4 heteroatoms. The first-order valence-electron chi connectivity index (χ1n) is 8.60. The molecule has 3 rings (SSSR count). The lowest BCUT2D eigenvalue weighted by molar-refractivity contribution is -0.144. The Labute approximate surface area is 148 Å². The van der Waals surface area contributed by atoms with Gasteiger partial charge in [0.25, 0.3) is 0 Å². The van der Waals surface area contributed by atoms with Gasteiger partial charge in [-0.25, -0.2) is 4.79 Å². The summed E-state index contributed by atoms with van der Waals surface area (Å²) in [6.45, 7) is 3.85. The minimum Gasteiger partial charge on any atom is -0.453 e. The molecule has 0 aliphatic carbocycles. The molecule has 0 N–H and O–H groups in total. The molecule has 0 bridgehead atoms. The highest BCUT2D eigenvalue weighted by Gasteiger charge is 2.21. The number of hydrogen-bond donors (Lipinski definition) is 0. The fourth-order valence-electron chi connectivity index (χ4n) is 2.80. The van der Waals surface area contributed by atoms with E-state index in [9.17, 15) is 4.79 Å². The standard InChI is InChI=1S/C21H23NO3/c23-21(12-11-18-7-3-1-4-8-18)25-20(19-9-5-2-6-10-19)17-22-13-15-24-16-14-22/h1-12,20H,13-17H2/b12-11+. The number of nitrogens with zero attached hydrogens (tertiary/aromatic N) is 1. The summed E-state index contributed by atoms with van der Waals surface area (Å²) in [4.78, 5) is 14.6. The van der Waals surface area contributed by atoms with Crippen molar-refractivity contribution in [1.29, 1.82) is 0 Å². The predicted molar refractivity (Wildman–Crippen MR) is 98.0 cm³/mol. The predicted octanol–water partition coefficient (Wildman–Crippen LogP) is 3.32. The van der Waals surface area contributed by atoms with Gasteiger partial charge in [-0.15, -0.1) is 0 Å². The molecule has 25 heavy (non-hydrogen) atoms. The Balaban J connectivity index is 1.66. The Morgan fingerprint density at radius 2 is 1.68 bits per heavy atom. The van der Waals surface area contributed by atoms with Crippen LogP contribution in [0.25, 0.3) is 6.08 Å². The Kier molecular flexibility index (Phi) is 6.37. The number of benzene rings is 2. The number of carbonyl (C=O) groups is 1. The van der Waals surface area contributed by atoms with Crippen molar-refractivity contribution in [3.63, 3.8) is 0 Å². The molecule has 0 aromatic heterocycles. The molecule has 0 amide bonds. The summed E-state index contributed by atoms with van der Waals surface area (Å²) in [5.41, 5.74) is 1.99. The molecule has 0 saturated carbocycles. The zero-order valence-corrected chi connectivity index (χ0v) is 14.2. The first-order chi connectivity index (χ1) is 12.3. The summed E-state index contributed by atoms with van der Waals surface area (Å²) >= 11 is 0. The maximum Gasteiger partial charge on any atom is 0.331 e. The fourth-order valence-corrected chi connectivity index (χ4v) is 2.80. The molecule has 0 spiro atoms. The lowest BCUT2D eigenvalue weighted by Crippen LogP contribution is -2.39. The molecule has 1 saturated heterocycles. The van der Waals surface area contributed by atoms with Crippen LogP contribution >= 0.6 is 0 Å². The number of ether oxygens (including phenoxy) is 2. The molecule has 4 nitrogen and oxygen atoms in total. The summed E-state index contributed by atoms with van der Waals surface area (Å²) in [6.07, 6.45) is 2.98. The lowest BCUT2D eigenvalue weighted by atomic mass is 10.1. The van der Waals surface area contributed by atoms with Crippen molar-refractivity contribution in [2.45, 2.75) is 6.10 Å². The Hall–Kier alpha value is -2.43. The Bertz CT molecular complexity index is 679. The van der Waals surface area contributed by atoms with Gasteiger partial charge in [-0.3, -0.25) is 4.90 Å². The van der Waals surface area contributed by atoms with Crippen LogP contribution in [-0.4, -0.2) is 43.7 Å². The molecule has 2 aromatic carbocycles. The molecule has 1 aliphatic rings. The van der Waals surface area contributed by atoms with Gasteiger partial charge in [0.2, 0.25) is 0 Å². The minimum atomic E-state index is -0.328. The van der Waals surface area contributed by atoms with Crippen LogP contribution in [-0.2, 0) is 14.3 Å². The topological polar surface area (TPSA) is 38.8 Å². The van der Waals surface area contributed by atoms with Gasteiger partial charge in [-0.2, -0.15) is 0 Å². The molecule has 1 aliphatic heterocycles. The average Bonchev–Trinajstić information content (AvgIpc) is 2.68. The van der Waals surface area contributed by atoms with Crippen LogP contribution in [0.1, 0.15) is 17.2 Å². The Morgan fingerprint density at radius 1 is 1.04 bits per heavy atom. The van der Waals surface area contributed by atoms with Crippen molar-refractivity contribution in [3.05, 3.63) is 77.9 Å². The average molecular weight is 337 g/mol. The largest absolute Gasteiger partial charge is 0.453 e. The van der Waals surface area contributed by atoms with Gasteiger partial charge in [0, 0.05) is 25.7 Å². The summed E-state index contributed by atoms with van der Waals surface area (Å²) in [5.74, 6) is -0.328. The van der Waals surface area contributed by atoms with Gasteiger partial charge in [-0.1, -0.05) is 60.7 Å². The number of morpholine rings is 1. The first kappa shape index (κ1) is 17.4. The van der Waals surface area contributed by atoms with Gasteiger partial charge in [-0.05, 0) is 17.2 Å². The number of carbonyl (C=O) groups excluding carboxylic acids is 1. The van der Waals surface area contributed by atoms with Crippen LogP contribution in [0.2, 0.25) is 0 Å². The van der Waals surface area contributed by atoms with Crippen LogP contribution < -0.4 is 0 Å². The van der Waals surface area contributed by atoms with Crippen molar-refractivity contribution in [2.24, 2.45) is 0 Å². The van der Waals surface area contributed by atoms with Gasteiger partial charge >= 0.3 is 5.97 Å². The SMILES string of the molecule is O=C(/C=C/c1ccccc1)OC(CN1CCOCC1)c1ccccc1. The second-order valence-electron chi connectivity index (χ2n) is 5.99. The van der Waals surface area contributed by atoms with E-state index in [0.29, 0.717) is 6.54 Å². The third kappa shape index (κ3) is 5.55. The summed E-state index contributed by atoms with van der Waals surface area (Å²) in [7, 11) is 0. The molecular weight excluding hydrogens is 314 g/mol. The number of esters is 1. The molecule has 0 radical (unpaired) electrons. The van der Waals surface area contributed by atoms with E-state index in [2.05, 4.69) is 4.90 Å². The zero-order valence-electron chi connectivity index (χ0n) is 14.2. The van der Waals surface area contributed by atoms with Gasteiger partial charge in [0.1, 0.15) is 6.10 Å². The van der Waals surface area contributed by atoms with Gasteiger partial charge in [0.05, 0.1) is 13.2 Å². The van der Waals surface area contributed by atoms with Crippen LogP contribution in [0.4, 0.5) is 0 Å². The maximum absolute atomic E-state index is 12.3. The van der Waals surface area contributed by atoms with Crippen LogP contribution in [0.5, 0.6) is 0 Å². The molecule has 1 unspecified atom stereocenters. The first-order valence-corrected chi connectivity index (χ1v) is 8.60. The van der Waals surface area contributed by atoms with Crippen molar-refractivity contribution in [3.8, 4) is 0 Å². The summed E-state index contributed by atoms with van der Waals surface area (Å²) < 4.78 is 11.1. The lowest BCUT2D eigenvalue weighted by Gasteiger charge is -2.30. The molecule has 130 valence electrons. The highest BCUT2D eigenvalue weighted by molar-refractivity contribution is 5.87. The van der Waals surface area contributed by atoms with E-state index >= 15 is 0 Å². The van der Waals surface area contributed by atoms with Crippen LogP contribution in [0.3, 0.4) is 0 Å². The summed E-state index contributed by atoms with van der Waals surface area (Å²) in [6, 6.07) is 19.6. The van der Waals surface area contributed by atoms with Crippen molar-refractivity contribution in [1.82, 2.24) is 4.90 Å². The molecule has 1 fully saturated rings. The van der Waals surface area contributed by atoms with E-state index in [0.717, 1.165) is 37.4 Å². The second kappa shape index (κ2) is 9.16. The van der Waals surface area contributed by atoms with E-state index in [1.54, 1.807) is 6.08 Å². The highest BCUT2D eigenvalue weighted by Crippen LogP contribution is 2.20. The van der Waals surface area contributed by atoms with Gasteiger partial charge < -0.3 is 9.47 Å². The van der Waals surface area contributed by atoms with E-state index in [1.165, 1.54) is 6.08 Å². The quantitative estimate of drug-likeness (QED) is 0.599. The third-order valence-corrected chi connectivity index (χ3v) is 4.17. The fraction of sp³-hybridized carbons (Fsp3) is 0.286. The highest BCUT2D eigenvalue weighted by atomic mass is 16.5. The van der Waals surface area contributed by atoms with E-state index in [1.807, 2.05) is 60.7 Å². The maximum atomic E-state index is 12.3. The molecular formula is C21H23NO3. The minimum absolute atomic E-state index is 0.285. The van der Waals surface area contributed by atoms with E-state index < -0.39 is 0 Å². The normalized spacial score (nSPS) is 16.6. The van der Waals surface area contributed by atoms with E-state index in [4.69, 9.17) is 9.47 Å². The van der Waals surface area contributed by atoms with Crippen molar-refractivity contribution in [2.75, 3.05) is 32.8 Å². The van der Waals surface area contributed by atoms with Crippen LogP contribution in [0, 0.1) is 0 Å². The van der Waals surface area contributed by atoms with Crippen molar-refractivity contribution < 1.29 is 14.3 Å². The summed E-state index contributed by atoms with van der Waals surface area (Å²) in [5, 5.41) is 0. The van der Waals surface area contributed by atoms with Gasteiger partial charge in [0.15, 0.2) is 0 Å². The molecule has 1 atom stereocenters. The number of hydrogen-bond acceptors (Lipinski definition) is 4. The van der Waals surface area contributed by atoms with Crippen molar-refractivity contribution >= 4 is 12.0 Å². The number of rotatable bonds is 6. The Morgan fingerprint density at radius 3 is 2.36 bits per heavy atom. The van der Waals surface area contributed by atoms with Crippen LogP contribution in [0.15, 0.2) is 66.7 Å². The monoisotopic (exact) mass is 337 g/mol. The smallest absolute Gasteiger partial charge is 0.331 e. The molecule has 2 aromatic rings. The van der Waals surface area contributed by atoms with E-state index in [-0.39, 0.29) is 12.1 Å². The third-order valence-electron chi connectivity index (χ3n) is 4.17.